The Labute approximate surface area is 104 Å². The summed E-state index contributed by atoms with van der Waals surface area (Å²) >= 11 is 0. The van der Waals surface area contributed by atoms with Gasteiger partial charge in [-0.2, -0.15) is 0 Å². The number of hydrogen-bond acceptors (Lipinski definition) is 2. The Kier molecular flexibility index (Phi) is 5.45. The third-order valence-corrected chi connectivity index (χ3v) is 3.18. The molecule has 1 aliphatic rings. The largest absolute Gasteiger partial charge is 0.387 e. The average molecular weight is 239 g/mol. The van der Waals surface area contributed by atoms with Crippen molar-refractivity contribution in [3.8, 4) is 0 Å². The van der Waals surface area contributed by atoms with Gasteiger partial charge < -0.3 is 11.1 Å². The van der Waals surface area contributed by atoms with Gasteiger partial charge in [0.2, 0.25) is 5.91 Å². The molecule has 1 amide bonds. The Morgan fingerprint density at radius 1 is 1.35 bits per heavy atom. The van der Waals surface area contributed by atoms with Gasteiger partial charge in [-0.3, -0.25) is 9.79 Å². The fourth-order valence-corrected chi connectivity index (χ4v) is 2.06. The lowest BCUT2D eigenvalue weighted by Crippen LogP contribution is -2.36. The molecule has 0 aromatic heterocycles. The summed E-state index contributed by atoms with van der Waals surface area (Å²) in [5.74, 6) is 1.49. The summed E-state index contributed by atoms with van der Waals surface area (Å²) in [7, 11) is 0. The molecule has 1 rings (SSSR count). The maximum Gasteiger partial charge on any atom is 0.244 e. The fourth-order valence-electron chi connectivity index (χ4n) is 2.06. The second-order valence-corrected chi connectivity index (χ2v) is 5.35. The first kappa shape index (κ1) is 14.0. The summed E-state index contributed by atoms with van der Waals surface area (Å²) in [6, 6.07) is -0.366. The maximum atomic E-state index is 11.7. The number of nitrogens with two attached hydrogens (primary N) is 1. The van der Waals surface area contributed by atoms with Crippen molar-refractivity contribution < 1.29 is 4.79 Å². The van der Waals surface area contributed by atoms with Crippen LogP contribution in [0.5, 0.6) is 0 Å². The van der Waals surface area contributed by atoms with Gasteiger partial charge in [0, 0.05) is 12.5 Å². The van der Waals surface area contributed by atoms with Gasteiger partial charge in [0.05, 0.1) is 5.84 Å². The van der Waals surface area contributed by atoms with E-state index in [2.05, 4.69) is 24.2 Å². The number of nitrogens with zero attached hydrogens (tertiary/aromatic N) is 1. The van der Waals surface area contributed by atoms with Gasteiger partial charge in [0.15, 0.2) is 0 Å². The van der Waals surface area contributed by atoms with Crippen molar-refractivity contribution in [2.24, 2.45) is 22.6 Å². The van der Waals surface area contributed by atoms with Gasteiger partial charge in [-0.1, -0.05) is 26.7 Å². The first-order valence-corrected chi connectivity index (χ1v) is 6.61. The van der Waals surface area contributed by atoms with Crippen molar-refractivity contribution in [1.29, 1.82) is 0 Å². The van der Waals surface area contributed by atoms with E-state index in [0.29, 0.717) is 24.2 Å². The Bertz CT molecular complexity index is 280. The number of aliphatic imine (C=N–C) groups is 1. The molecule has 4 nitrogen and oxygen atoms in total. The van der Waals surface area contributed by atoms with Crippen molar-refractivity contribution in [1.82, 2.24) is 5.32 Å². The minimum Gasteiger partial charge on any atom is -0.387 e. The summed E-state index contributed by atoms with van der Waals surface area (Å²) < 4.78 is 0. The Balaban J connectivity index is 2.42. The van der Waals surface area contributed by atoms with E-state index in [4.69, 9.17) is 5.73 Å². The smallest absolute Gasteiger partial charge is 0.244 e. The van der Waals surface area contributed by atoms with Crippen molar-refractivity contribution in [3.05, 3.63) is 0 Å². The Hall–Kier alpha value is -1.06. The van der Waals surface area contributed by atoms with Crippen LogP contribution in [0.15, 0.2) is 4.99 Å². The van der Waals surface area contributed by atoms with Gasteiger partial charge in [0.25, 0.3) is 0 Å². The van der Waals surface area contributed by atoms with E-state index in [0.717, 1.165) is 12.8 Å². The number of carbonyl (C=O) groups excluding carboxylic acids is 1. The van der Waals surface area contributed by atoms with Crippen LogP contribution in [0.1, 0.15) is 46.5 Å². The van der Waals surface area contributed by atoms with Crippen LogP contribution in [0.2, 0.25) is 0 Å². The standard InChI is InChI=1S/C13H25N3O/c1-9(2)8-15-13(17)10(3)16-12(14)11-6-4-5-7-11/h9-11H,4-8H2,1-3H3,(H2,14,16)(H,15,17). The summed E-state index contributed by atoms with van der Waals surface area (Å²) in [6.07, 6.45) is 4.70. The average Bonchev–Trinajstić information content (AvgIpc) is 2.78. The molecule has 1 aliphatic carbocycles. The summed E-state index contributed by atoms with van der Waals surface area (Å²) in [6.45, 7) is 6.64. The second kappa shape index (κ2) is 6.62. The van der Waals surface area contributed by atoms with E-state index in [1.807, 2.05) is 0 Å². The van der Waals surface area contributed by atoms with Crippen molar-refractivity contribution in [2.45, 2.75) is 52.5 Å². The molecular weight excluding hydrogens is 214 g/mol. The zero-order valence-corrected chi connectivity index (χ0v) is 11.2. The van der Waals surface area contributed by atoms with Crippen LogP contribution < -0.4 is 11.1 Å². The van der Waals surface area contributed by atoms with Crippen molar-refractivity contribution in [3.63, 3.8) is 0 Å². The fraction of sp³-hybridized carbons (Fsp3) is 0.846. The molecular formula is C13H25N3O. The third kappa shape index (κ3) is 4.75. The first-order chi connectivity index (χ1) is 8.00. The molecule has 3 N–H and O–H groups in total. The highest BCUT2D eigenvalue weighted by Gasteiger charge is 2.20. The van der Waals surface area contributed by atoms with Crippen LogP contribution in [-0.2, 0) is 4.79 Å². The molecule has 1 unspecified atom stereocenters. The molecule has 0 saturated heterocycles. The highest BCUT2D eigenvalue weighted by molar-refractivity contribution is 5.88. The number of amidine groups is 1. The molecule has 1 fully saturated rings. The topological polar surface area (TPSA) is 67.5 Å². The molecule has 0 heterocycles. The Morgan fingerprint density at radius 3 is 2.47 bits per heavy atom. The SMILES string of the molecule is CC(C)CNC(=O)C(C)N=C(N)C1CCCC1. The first-order valence-electron chi connectivity index (χ1n) is 6.61. The second-order valence-electron chi connectivity index (χ2n) is 5.35. The Morgan fingerprint density at radius 2 is 1.94 bits per heavy atom. The number of rotatable bonds is 5. The van der Waals surface area contributed by atoms with E-state index in [1.165, 1.54) is 12.8 Å². The molecule has 1 saturated carbocycles. The number of amides is 1. The zero-order valence-electron chi connectivity index (χ0n) is 11.2. The van der Waals surface area contributed by atoms with E-state index in [9.17, 15) is 4.79 Å². The van der Waals surface area contributed by atoms with Crippen molar-refractivity contribution in [2.75, 3.05) is 6.54 Å². The molecule has 1 atom stereocenters. The highest BCUT2D eigenvalue weighted by atomic mass is 16.2. The van der Waals surface area contributed by atoms with Crippen LogP contribution in [0, 0.1) is 11.8 Å². The quantitative estimate of drug-likeness (QED) is 0.566. The lowest BCUT2D eigenvalue weighted by atomic mass is 10.1. The van der Waals surface area contributed by atoms with Gasteiger partial charge in [-0.15, -0.1) is 0 Å². The molecule has 0 bridgehead atoms. The van der Waals surface area contributed by atoms with Crippen LogP contribution in [0.4, 0.5) is 0 Å². The lowest BCUT2D eigenvalue weighted by molar-refractivity contribution is -0.122. The molecule has 4 heteroatoms. The van der Waals surface area contributed by atoms with Crippen molar-refractivity contribution >= 4 is 11.7 Å². The van der Waals surface area contributed by atoms with Crippen LogP contribution in [0.3, 0.4) is 0 Å². The van der Waals surface area contributed by atoms with Gasteiger partial charge >= 0.3 is 0 Å². The summed E-state index contributed by atoms with van der Waals surface area (Å²) in [5.41, 5.74) is 5.94. The molecule has 0 aromatic carbocycles. The van der Waals surface area contributed by atoms with E-state index in [-0.39, 0.29) is 11.9 Å². The van der Waals surface area contributed by atoms with Crippen LogP contribution >= 0.6 is 0 Å². The van der Waals surface area contributed by atoms with E-state index >= 15 is 0 Å². The third-order valence-electron chi connectivity index (χ3n) is 3.18. The van der Waals surface area contributed by atoms with Gasteiger partial charge in [0.1, 0.15) is 6.04 Å². The maximum absolute atomic E-state index is 11.7. The monoisotopic (exact) mass is 239 g/mol. The van der Waals surface area contributed by atoms with Crippen LogP contribution in [0.25, 0.3) is 0 Å². The predicted octanol–water partition coefficient (Wildman–Crippen LogP) is 1.69. The minimum atomic E-state index is -0.366. The molecule has 0 aliphatic heterocycles. The van der Waals surface area contributed by atoms with Gasteiger partial charge in [-0.25, -0.2) is 0 Å². The number of nitrogens with one attached hydrogen (secondary N) is 1. The molecule has 17 heavy (non-hydrogen) atoms. The summed E-state index contributed by atoms with van der Waals surface area (Å²) in [5, 5.41) is 2.88. The molecule has 0 aromatic rings. The molecule has 0 radical (unpaired) electrons. The zero-order chi connectivity index (χ0) is 12.8. The minimum absolute atomic E-state index is 0.0281. The lowest BCUT2D eigenvalue weighted by Gasteiger charge is -2.13. The predicted molar refractivity (Wildman–Crippen MR) is 70.9 cm³/mol. The highest BCUT2D eigenvalue weighted by Crippen LogP contribution is 2.24. The van der Waals surface area contributed by atoms with E-state index < -0.39 is 0 Å². The van der Waals surface area contributed by atoms with Gasteiger partial charge in [-0.05, 0) is 25.7 Å². The number of carbonyl (C=O) groups is 1. The normalized spacial score (nSPS) is 19.6. The molecule has 0 spiro atoms. The van der Waals surface area contributed by atoms with E-state index in [1.54, 1.807) is 6.92 Å². The molecule has 98 valence electrons. The summed E-state index contributed by atoms with van der Waals surface area (Å²) in [4.78, 5) is 16.0. The number of hydrogen-bond donors (Lipinski definition) is 2. The van der Waals surface area contributed by atoms with Crippen LogP contribution in [-0.4, -0.2) is 24.3 Å².